The number of hydrogen-bond acceptors (Lipinski definition) is 2. The van der Waals surface area contributed by atoms with Gasteiger partial charge in [-0.2, -0.15) is 8.78 Å². The average molecular weight is 401 g/mol. The monoisotopic (exact) mass is 400 g/mol. The molecular formula is C21H15ClF2N2O2. The number of alkyl halides is 2. The van der Waals surface area contributed by atoms with Crippen molar-refractivity contribution in [2.45, 2.75) is 13.2 Å². The minimum atomic E-state index is -2.89. The van der Waals surface area contributed by atoms with Gasteiger partial charge in [0.05, 0.1) is 11.0 Å². The van der Waals surface area contributed by atoms with E-state index in [1.807, 2.05) is 22.8 Å². The van der Waals surface area contributed by atoms with Crippen molar-refractivity contribution < 1.29 is 18.3 Å². The van der Waals surface area contributed by atoms with Crippen LogP contribution in [0.15, 0.2) is 60.7 Å². The second-order valence-corrected chi connectivity index (χ2v) is 6.77. The molecule has 1 aromatic heterocycles. The van der Waals surface area contributed by atoms with Gasteiger partial charge >= 0.3 is 6.61 Å². The molecule has 0 aliphatic carbocycles. The number of aromatic nitrogens is 1. The highest BCUT2D eigenvalue weighted by Crippen LogP contribution is 2.34. The van der Waals surface area contributed by atoms with Crippen molar-refractivity contribution in [3.05, 3.63) is 76.8 Å². The van der Waals surface area contributed by atoms with Crippen LogP contribution in [0.2, 0.25) is 5.02 Å². The zero-order valence-corrected chi connectivity index (χ0v) is 15.3. The summed E-state index contributed by atoms with van der Waals surface area (Å²) in [5.41, 5.74) is 8.36. The molecule has 2 N–H and O–H groups in total. The molecule has 0 radical (unpaired) electrons. The van der Waals surface area contributed by atoms with Crippen LogP contribution in [-0.2, 0) is 6.54 Å². The van der Waals surface area contributed by atoms with Gasteiger partial charge in [0.2, 0.25) is 5.91 Å². The van der Waals surface area contributed by atoms with E-state index in [2.05, 4.69) is 4.74 Å². The highest BCUT2D eigenvalue weighted by Gasteiger charge is 2.17. The van der Waals surface area contributed by atoms with E-state index in [1.54, 1.807) is 36.4 Å². The molecule has 142 valence electrons. The molecule has 0 atom stereocenters. The molecule has 28 heavy (non-hydrogen) atoms. The molecule has 0 unspecified atom stereocenters. The number of carbonyl (C=O) groups is 1. The number of ether oxygens (including phenoxy) is 1. The third-order valence-electron chi connectivity index (χ3n) is 4.58. The normalized spacial score (nSPS) is 11.4. The Morgan fingerprint density at radius 1 is 1.07 bits per heavy atom. The summed E-state index contributed by atoms with van der Waals surface area (Å²) in [4.78, 5) is 11.9. The van der Waals surface area contributed by atoms with Crippen molar-refractivity contribution >= 4 is 39.3 Å². The molecule has 0 bridgehead atoms. The van der Waals surface area contributed by atoms with Gasteiger partial charge in [-0.3, -0.25) is 4.79 Å². The van der Waals surface area contributed by atoms with Gasteiger partial charge in [-0.1, -0.05) is 35.9 Å². The summed E-state index contributed by atoms with van der Waals surface area (Å²) in [7, 11) is 0. The molecule has 1 amide bonds. The summed E-state index contributed by atoms with van der Waals surface area (Å²) in [5.74, 6) is -0.434. The zero-order valence-electron chi connectivity index (χ0n) is 14.5. The van der Waals surface area contributed by atoms with E-state index in [0.29, 0.717) is 17.1 Å². The molecule has 0 aliphatic rings. The van der Waals surface area contributed by atoms with Gasteiger partial charge in [-0.05, 0) is 42.0 Å². The van der Waals surface area contributed by atoms with Gasteiger partial charge in [0.15, 0.2) is 0 Å². The summed E-state index contributed by atoms with van der Waals surface area (Å²) in [6.07, 6.45) is 0. The lowest BCUT2D eigenvalue weighted by Crippen LogP contribution is -2.11. The number of amides is 1. The first-order valence-electron chi connectivity index (χ1n) is 8.48. The zero-order chi connectivity index (χ0) is 19.8. The summed E-state index contributed by atoms with van der Waals surface area (Å²) in [6, 6.07) is 17.2. The Bertz CT molecular complexity index is 1200. The van der Waals surface area contributed by atoms with Crippen molar-refractivity contribution in [3.8, 4) is 5.75 Å². The Hall–Kier alpha value is -3.12. The van der Waals surface area contributed by atoms with Crippen molar-refractivity contribution in [3.63, 3.8) is 0 Å². The second kappa shape index (κ2) is 7.13. The van der Waals surface area contributed by atoms with E-state index in [0.717, 1.165) is 27.4 Å². The molecule has 0 saturated heterocycles. The van der Waals surface area contributed by atoms with Crippen LogP contribution in [0.1, 0.15) is 15.9 Å². The van der Waals surface area contributed by atoms with E-state index in [1.165, 1.54) is 6.07 Å². The first kappa shape index (κ1) is 18.3. The first-order valence-corrected chi connectivity index (χ1v) is 8.86. The molecule has 4 aromatic rings. The standard InChI is InChI=1S/C21H15ClF2N2O2/c22-13-7-8-15-18(10-13)26(17-6-2-5-16(19(15)17)20(25)27)11-12-3-1-4-14(9-12)28-21(23)24/h1-10,21H,11H2,(H2,25,27). The van der Waals surface area contributed by atoms with Crippen LogP contribution in [0.5, 0.6) is 5.75 Å². The molecule has 3 aromatic carbocycles. The minimum Gasteiger partial charge on any atom is -0.435 e. The number of hydrogen-bond donors (Lipinski definition) is 1. The molecule has 7 heteroatoms. The van der Waals surface area contributed by atoms with E-state index < -0.39 is 12.5 Å². The average Bonchev–Trinajstić information content (AvgIpc) is 2.94. The smallest absolute Gasteiger partial charge is 0.387 e. The van der Waals surface area contributed by atoms with E-state index in [9.17, 15) is 13.6 Å². The fourth-order valence-electron chi connectivity index (χ4n) is 3.50. The van der Waals surface area contributed by atoms with Crippen molar-refractivity contribution in [1.29, 1.82) is 0 Å². The summed E-state index contributed by atoms with van der Waals surface area (Å²) in [6.45, 7) is -2.51. The van der Waals surface area contributed by atoms with Crippen LogP contribution >= 0.6 is 11.6 Å². The first-order chi connectivity index (χ1) is 13.4. The maximum atomic E-state index is 12.5. The molecule has 0 saturated carbocycles. The molecule has 0 aliphatic heterocycles. The number of benzene rings is 3. The summed E-state index contributed by atoms with van der Waals surface area (Å²) >= 11 is 6.20. The maximum Gasteiger partial charge on any atom is 0.387 e. The Kier molecular flexibility index (Phi) is 4.65. The summed E-state index contributed by atoms with van der Waals surface area (Å²) < 4.78 is 31.5. The van der Waals surface area contributed by atoms with Gasteiger partial charge < -0.3 is 15.0 Å². The Balaban J connectivity index is 1.92. The second-order valence-electron chi connectivity index (χ2n) is 6.34. The Labute approximate surface area is 164 Å². The van der Waals surface area contributed by atoms with Gasteiger partial charge in [-0.15, -0.1) is 0 Å². The SMILES string of the molecule is NC(=O)c1cccc2c1c1ccc(Cl)cc1n2Cc1cccc(OC(F)F)c1. The Morgan fingerprint density at radius 3 is 2.61 bits per heavy atom. The van der Waals surface area contributed by atoms with Gasteiger partial charge in [-0.25, -0.2) is 0 Å². The van der Waals surface area contributed by atoms with E-state index in [4.69, 9.17) is 17.3 Å². The quantitative estimate of drug-likeness (QED) is 0.500. The lowest BCUT2D eigenvalue weighted by molar-refractivity contribution is -0.0498. The largest absolute Gasteiger partial charge is 0.435 e. The topological polar surface area (TPSA) is 57.2 Å². The predicted octanol–water partition coefficient (Wildman–Crippen LogP) is 5.20. The molecule has 0 spiro atoms. The van der Waals surface area contributed by atoms with Gasteiger partial charge in [0.25, 0.3) is 0 Å². The molecule has 1 heterocycles. The van der Waals surface area contributed by atoms with Crippen molar-refractivity contribution in [1.82, 2.24) is 4.57 Å². The molecule has 0 fully saturated rings. The summed E-state index contributed by atoms with van der Waals surface area (Å²) in [5, 5.41) is 2.13. The predicted molar refractivity (Wildman–Crippen MR) is 105 cm³/mol. The van der Waals surface area contributed by atoms with Crippen LogP contribution < -0.4 is 10.5 Å². The van der Waals surface area contributed by atoms with Crippen LogP contribution in [0.25, 0.3) is 21.8 Å². The lowest BCUT2D eigenvalue weighted by atomic mass is 10.1. The third-order valence-corrected chi connectivity index (χ3v) is 4.82. The fourth-order valence-corrected chi connectivity index (χ4v) is 3.66. The van der Waals surface area contributed by atoms with Crippen LogP contribution in [0, 0.1) is 0 Å². The third kappa shape index (κ3) is 3.27. The molecule has 4 nitrogen and oxygen atoms in total. The van der Waals surface area contributed by atoms with Crippen LogP contribution in [-0.4, -0.2) is 17.1 Å². The number of rotatable bonds is 5. The lowest BCUT2D eigenvalue weighted by Gasteiger charge is -2.10. The maximum absolute atomic E-state index is 12.5. The fraction of sp³-hybridized carbons (Fsp3) is 0.0952. The number of nitrogens with zero attached hydrogens (tertiary/aromatic N) is 1. The number of fused-ring (bicyclic) bond motifs is 3. The molecule has 4 rings (SSSR count). The Morgan fingerprint density at radius 2 is 1.86 bits per heavy atom. The molecular weight excluding hydrogens is 386 g/mol. The number of halogens is 3. The van der Waals surface area contributed by atoms with E-state index >= 15 is 0 Å². The number of primary amides is 1. The number of carbonyl (C=O) groups excluding carboxylic acids is 1. The minimum absolute atomic E-state index is 0.0872. The van der Waals surface area contributed by atoms with Crippen molar-refractivity contribution in [2.75, 3.05) is 0 Å². The highest BCUT2D eigenvalue weighted by atomic mass is 35.5. The van der Waals surface area contributed by atoms with Gasteiger partial charge in [0.1, 0.15) is 5.75 Å². The number of nitrogens with two attached hydrogens (primary N) is 1. The van der Waals surface area contributed by atoms with Crippen molar-refractivity contribution in [2.24, 2.45) is 5.73 Å². The highest BCUT2D eigenvalue weighted by molar-refractivity contribution is 6.32. The van der Waals surface area contributed by atoms with Gasteiger partial charge in [0, 0.05) is 27.9 Å². The van der Waals surface area contributed by atoms with Crippen LogP contribution in [0.3, 0.4) is 0 Å². The van der Waals surface area contributed by atoms with E-state index in [-0.39, 0.29) is 5.75 Å². The van der Waals surface area contributed by atoms with Crippen LogP contribution in [0.4, 0.5) is 8.78 Å².